The Kier molecular flexibility index (Phi) is 4.93. The van der Waals surface area contributed by atoms with E-state index in [-0.39, 0.29) is 6.09 Å². The molecule has 0 aromatic heterocycles. The lowest BCUT2D eigenvalue weighted by Gasteiger charge is -2.52. The van der Waals surface area contributed by atoms with Crippen LogP contribution in [0.3, 0.4) is 0 Å². The molecule has 0 radical (unpaired) electrons. The van der Waals surface area contributed by atoms with Crippen LogP contribution >= 0.6 is 0 Å². The van der Waals surface area contributed by atoms with E-state index in [0.717, 1.165) is 45.6 Å². The van der Waals surface area contributed by atoms with Crippen molar-refractivity contribution in [3.8, 4) is 0 Å². The number of carbonyl (C=O) groups excluding carboxylic acids is 1. The third kappa shape index (κ3) is 3.52. The van der Waals surface area contributed by atoms with Crippen LogP contribution in [0.15, 0.2) is 0 Å². The van der Waals surface area contributed by atoms with Gasteiger partial charge in [0.25, 0.3) is 0 Å². The summed E-state index contributed by atoms with van der Waals surface area (Å²) in [6.45, 7) is 7.96. The number of halogens is 1. The molecule has 0 bridgehead atoms. The molecule has 4 aliphatic rings. The highest BCUT2D eigenvalue weighted by molar-refractivity contribution is 5.68. The van der Waals surface area contributed by atoms with Crippen LogP contribution in [0.2, 0.25) is 0 Å². The quantitative estimate of drug-likeness (QED) is 0.781. The molecule has 4 fully saturated rings. The van der Waals surface area contributed by atoms with Gasteiger partial charge in [-0.25, -0.2) is 9.18 Å². The van der Waals surface area contributed by atoms with Gasteiger partial charge in [0, 0.05) is 38.3 Å². The summed E-state index contributed by atoms with van der Waals surface area (Å²) in [6, 6.07) is 1.28. The molecule has 142 valence electrons. The highest BCUT2D eigenvalue weighted by Gasteiger charge is 2.51. The average molecular weight is 353 g/mol. The Labute approximate surface area is 150 Å². The van der Waals surface area contributed by atoms with E-state index in [1.807, 2.05) is 11.8 Å². The summed E-state index contributed by atoms with van der Waals surface area (Å²) < 4.78 is 18.6. The summed E-state index contributed by atoms with van der Waals surface area (Å²) >= 11 is 0. The predicted molar refractivity (Wildman–Crippen MR) is 94.3 cm³/mol. The smallest absolute Gasteiger partial charge is 0.409 e. The monoisotopic (exact) mass is 353 g/mol. The molecule has 4 rings (SSSR count). The van der Waals surface area contributed by atoms with Crippen LogP contribution in [0.5, 0.6) is 0 Å². The number of ether oxygens (including phenoxy) is 1. The number of carbonyl (C=O) groups is 1. The van der Waals surface area contributed by atoms with Gasteiger partial charge >= 0.3 is 6.09 Å². The maximum absolute atomic E-state index is 13.4. The van der Waals surface area contributed by atoms with Gasteiger partial charge in [-0.05, 0) is 64.0 Å². The zero-order valence-electron chi connectivity index (χ0n) is 15.5. The molecule has 1 spiro atoms. The largest absolute Gasteiger partial charge is 0.450 e. The van der Waals surface area contributed by atoms with E-state index < -0.39 is 6.17 Å². The first-order chi connectivity index (χ1) is 12.1. The summed E-state index contributed by atoms with van der Waals surface area (Å²) in [6.07, 6.45) is 5.94. The summed E-state index contributed by atoms with van der Waals surface area (Å²) in [7, 11) is 0. The van der Waals surface area contributed by atoms with Gasteiger partial charge in [0.2, 0.25) is 0 Å². The Morgan fingerprint density at radius 2 is 1.80 bits per heavy atom. The SMILES string of the molecule is CCOC(=O)N1CCC2(CC(N3CCC(N4CC[C@@H](F)C4)CC3)C2)C1. The first-order valence-corrected chi connectivity index (χ1v) is 10.1. The standard InChI is InChI=1S/C19H32FN3O2/c1-2-25-18(24)23-10-6-19(14-23)11-17(12-19)21-8-4-16(5-9-21)22-7-3-15(20)13-22/h15-17H,2-14H2,1H3/t15-,17?,19?/m1/s1. The van der Waals surface area contributed by atoms with Crippen molar-refractivity contribution in [3.05, 3.63) is 0 Å². The van der Waals surface area contributed by atoms with Crippen molar-refractivity contribution in [2.75, 3.05) is 45.9 Å². The van der Waals surface area contributed by atoms with E-state index in [1.54, 1.807) is 0 Å². The van der Waals surface area contributed by atoms with Crippen molar-refractivity contribution in [1.29, 1.82) is 0 Å². The minimum absolute atomic E-state index is 0.139. The Hall–Kier alpha value is -0.880. The first kappa shape index (κ1) is 17.5. The lowest BCUT2D eigenvalue weighted by molar-refractivity contribution is -0.0144. The summed E-state index contributed by atoms with van der Waals surface area (Å²) in [5.41, 5.74) is 0.352. The van der Waals surface area contributed by atoms with Crippen molar-refractivity contribution < 1.29 is 13.9 Å². The number of hydrogen-bond donors (Lipinski definition) is 0. The number of amides is 1. The van der Waals surface area contributed by atoms with Crippen molar-refractivity contribution in [2.24, 2.45) is 5.41 Å². The molecule has 6 heteroatoms. The molecule has 0 aromatic carbocycles. The molecule has 0 aromatic rings. The van der Waals surface area contributed by atoms with E-state index in [0.29, 0.717) is 30.7 Å². The number of likely N-dealkylation sites (tertiary alicyclic amines) is 3. The number of nitrogens with zero attached hydrogens (tertiary/aromatic N) is 3. The van der Waals surface area contributed by atoms with E-state index in [4.69, 9.17) is 4.74 Å². The molecule has 0 N–H and O–H groups in total. The molecule has 0 unspecified atom stereocenters. The molecule has 1 aliphatic carbocycles. The maximum Gasteiger partial charge on any atom is 0.409 e. The van der Waals surface area contributed by atoms with Gasteiger partial charge in [-0.2, -0.15) is 0 Å². The van der Waals surface area contributed by atoms with Crippen molar-refractivity contribution in [3.63, 3.8) is 0 Å². The van der Waals surface area contributed by atoms with Crippen molar-refractivity contribution in [2.45, 2.75) is 63.7 Å². The highest BCUT2D eigenvalue weighted by atomic mass is 19.1. The summed E-state index contributed by atoms with van der Waals surface area (Å²) in [5.74, 6) is 0. The number of piperidine rings is 1. The van der Waals surface area contributed by atoms with Crippen LogP contribution in [0, 0.1) is 5.41 Å². The molecule has 5 nitrogen and oxygen atoms in total. The fourth-order valence-electron chi connectivity index (χ4n) is 5.53. The van der Waals surface area contributed by atoms with E-state index in [1.165, 1.54) is 25.7 Å². The second-order valence-electron chi connectivity index (χ2n) is 8.58. The highest BCUT2D eigenvalue weighted by Crippen LogP contribution is 2.50. The van der Waals surface area contributed by atoms with Crippen LogP contribution in [-0.4, -0.2) is 84.9 Å². The maximum atomic E-state index is 13.4. The first-order valence-electron chi connectivity index (χ1n) is 10.1. The molecule has 25 heavy (non-hydrogen) atoms. The van der Waals surface area contributed by atoms with Crippen LogP contribution in [0.1, 0.15) is 45.4 Å². The van der Waals surface area contributed by atoms with E-state index >= 15 is 0 Å². The molecular weight excluding hydrogens is 321 g/mol. The number of alkyl halides is 1. The third-order valence-corrected chi connectivity index (χ3v) is 7.00. The molecule has 3 saturated heterocycles. The van der Waals surface area contributed by atoms with Gasteiger partial charge in [0.15, 0.2) is 0 Å². The molecule has 1 saturated carbocycles. The summed E-state index contributed by atoms with van der Waals surface area (Å²) in [5, 5.41) is 0. The van der Waals surface area contributed by atoms with Gasteiger partial charge in [0.1, 0.15) is 6.17 Å². The van der Waals surface area contributed by atoms with E-state index in [9.17, 15) is 9.18 Å². The average Bonchev–Trinajstić information content (AvgIpc) is 3.21. The van der Waals surface area contributed by atoms with Gasteiger partial charge in [-0.3, -0.25) is 4.90 Å². The van der Waals surface area contributed by atoms with Gasteiger partial charge in [-0.1, -0.05) is 0 Å². The minimum Gasteiger partial charge on any atom is -0.450 e. The zero-order valence-corrected chi connectivity index (χ0v) is 15.5. The fraction of sp³-hybridized carbons (Fsp3) is 0.947. The van der Waals surface area contributed by atoms with Crippen molar-refractivity contribution >= 4 is 6.09 Å². The summed E-state index contributed by atoms with van der Waals surface area (Å²) in [4.78, 5) is 18.8. The zero-order chi connectivity index (χ0) is 17.4. The van der Waals surface area contributed by atoms with Gasteiger partial charge in [-0.15, -0.1) is 0 Å². The molecule has 1 amide bonds. The number of hydrogen-bond acceptors (Lipinski definition) is 4. The van der Waals surface area contributed by atoms with Crippen LogP contribution in [0.4, 0.5) is 9.18 Å². The van der Waals surface area contributed by atoms with Crippen LogP contribution in [-0.2, 0) is 4.74 Å². The second-order valence-corrected chi connectivity index (χ2v) is 8.58. The normalized spacial score (nSPS) is 37.6. The number of rotatable bonds is 3. The Morgan fingerprint density at radius 3 is 2.44 bits per heavy atom. The minimum atomic E-state index is -0.603. The Balaban J connectivity index is 1.21. The Morgan fingerprint density at radius 1 is 1.08 bits per heavy atom. The molecule has 3 heterocycles. The van der Waals surface area contributed by atoms with Crippen LogP contribution in [0.25, 0.3) is 0 Å². The molecule has 3 aliphatic heterocycles. The fourth-order valence-corrected chi connectivity index (χ4v) is 5.53. The van der Waals surface area contributed by atoms with Gasteiger partial charge < -0.3 is 14.5 Å². The topological polar surface area (TPSA) is 36.0 Å². The molecule has 1 atom stereocenters. The van der Waals surface area contributed by atoms with Crippen molar-refractivity contribution in [1.82, 2.24) is 14.7 Å². The third-order valence-electron chi connectivity index (χ3n) is 7.00. The van der Waals surface area contributed by atoms with Crippen LogP contribution < -0.4 is 0 Å². The van der Waals surface area contributed by atoms with Gasteiger partial charge in [0.05, 0.1) is 6.61 Å². The Bertz CT molecular complexity index is 489. The second kappa shape index (κ2) is 7.03. The predicted octanol–water partition coefficient (Wildman–Crippen LogP) is 2.51. The lowest BCUT2D eigenvalue weighted by Crippen LogP contribution is -2.55. The molecular formula is C19H32FN3O2. The van der Waals surface area contributed by atoms with E-state index in [2.05, 4.69) is 9.80 Å². The lowest BCUT2D eigenvalue weighted by atomic mass is 9.64.